The lowest BCUT2D eigenvalue weighted by molar-refractivity contribution is 0.511. The van der Waals surface area contributed by atoms with Crippen LogP contribution >= 0.6 is 22.9 Å². The van der Waals surface area contributed by atoms with Gasteiger partial charge in [-0.15, -0.1) is 11.3 Å². The quantitative estimate of drug-likeness (QED) is 0.818. The monoisotopic (exact) mass is 267 g/mol. The third-order valence-electron chi connectivity index (χ3n) is 2.93. The zero-order valence-corrected chi connectivity index (χ0v) is 11.9. The minimum absolute atomic E-state index is 0.557. The zero-order chi connectivity index (χ0) is 12.3. The van der Waals surface area contributed by atoms with Gasteiger partial charge in [-0.1, -0.05) is 43.1 Å². The summed E-state index contributed by atoms with van der Waals surface area (Å²) >= 11 is 8.18. The first-order valence-corrected chi connectivity index (χ1v) is 7.31. The van der Waals surface area contributed by atoms with Crippen LogP contribution in [0.1, 0.15) is 31.6 Å². The Morgan fingerprint density at radius 1 is 1.35 bits per heavy atom. The summed E-state index contributed by atoms with van der Waals surface area (Å²) in [7, 11) is 0. The maximum absolute atomic E-state index is 6.39. The number of benzene rings is 1. The first-order valence-electron chi connectivity index (χ1n) is 6.11. The molecular weight excluding hydrogens is 250 g/mol. The van der Waals surface area contributed by atoms with Gasteiger partial charge < -0.3 is 5.32 Å². The molecule has 1 heterocycles. The van der Waals surface area contributed by atoms with Gasteiger partial charge in [0, 0.05) is 27.5 Å². The Labute approximate surface area is 112 Å². The molecule has 0 saturated carbocycles. The molecule has 2 aromatic rings. The Bertz CT molecular complexity index is 492. The van der Waals surface area contributed by atoms with Crippen LogP contribution in [0.15, 0.2) is 24.3 Å². The van der Waals surface area contributed by atoms with Gasteiger partial charge in [-0.05, 0) is 19.4 Å². The normalized spacial score (nSPS) is 13.1. The molecule has 1 unspecified atom stereocenters. The van der Waals surface area contributed by atoms with Crippen LogP contribution < -0.4 is 5.32 Å². The molecular formula is C14H18ClNS. The van der Waals surface area contributed by atoms with Gasteiger partial charge in [0.15, 0.2) is 0 Å². The first-order chi connectivity index (χ1) is 8.22. The lowest BCUT2D eigenvalue weighted by Crippen LogP contribution is -2.24. The summed E-state index contributed by atoms with van der Waals surface area (Å²) in [5.74, 6) is 0. The molecule has 3 heteroatoms. The SMILES string of the molecule is CCCC(C)NCc1sc2ccccc2c1Cl. The van der Waals surface area contributed by atoms with E-state index in [9.17, 15) is 0 Å². The minimum atomic E-state index is 0.557. The van der Waals surface area contributed by atoms with E-state index in [1.165, 1.54) is 27.8 Å². The van der Waals surface area contributed by atoms with Gasteiger partial charge in [0.25, 0.3) is 0 Å². The van der Waals surface area contributed by atoms with Crippen molar-refractivity contribution in [3.63, 3.8) is 0 Å². The fraction of sp³-hybridized carbons (Fsp3) is 0.429. The lowest BCUT2D eigenvalue weighted by atomic mass is 10.2. The van der Waals surface area contributed by atoms with E-state index in [1.54, 1.807) is 11.3 Å². The van der Waals surface area contributed by atoms with Gasteiger partial charge in [-0.3, -0.25) is 0 Å². The molecule has 0 fully saturated rings. The van der Waals surface area contributed by atoms with Crippen molar-refractivity contribution in [3.05, 3.63) is 34.2 Å². The summed E-state index contributed by atoms with van der Waals surface area (Å²) < 4.78 is 1.28. The Balaban J connectivity index is 2.11. The maximum atomic E-state index is 6.39. The molecule has 1 aromatic carbocycles. The summed E-state index contributed by atoms with van der Waals surface area (Å²) in [5, 5.41) is 5.63. The Hall–Kier alpha value is -0.570. The second-order valence-electron chi connectivity index (χ2n) is 4.41. The predicted molar refractivity (Wildman–Crippen MR) is 78.0 cm³/mol. The van der Waals surface area contributed by atoms with Crippen LogP contribution in [0.2, 0.25) is 5.02 Å². The highest BCUT2D eigenvalue weighted by molar-refractivity contribution is 7.19. The summed E-state index contributed by atoms with van der Waals surface area (Å²) in [6.07, 6.45) is 2.43. The van der Waals surface area contributed by atoms with Crippen molar-refractivity contribution in [1.29, 1.82) is 0 Å². The zero-order valence-electron chi connectivity index (χ0n) is 10.3. The molecule has 0 radical (unpaired) electrons. The summed E-state index contributed by atoms with van der Waals surface area (Å²) in [6, 6.07) is 8.88. The van der Waals surface area contributed by atoms with E-state index in [2.05, 4.69) is 37.4 Å². The molecule has 0 bridgehead atoms. The molecule has 1 nitrogen and oxygen atoms in total. The predicted octanol–water partition coefficient (Wildman–Crippen LogP) is 4.83. The highest BCUT2D eigenvalue weighted by Crippen LogP contribution is 2.34. The molecule has 1 atom stereocenters. The van der Waals surface area contributed by atoms with E-state index >= 15 is 0 Å². The van der Waals surface area contributed by atoms with Crippen molar-refractivity contribution in [1.82, 2.24) is 5.32 Å². The van der Waals surface area contributed by atoms with Crippen molar-refractivity contribution in [2.75, 3.05) is 0 Å². The van der Waals surface area contributed by atoms with Gasteiger partial charge in [0.05, 0.1) is 5.02 Å². The second-order valence-corrected chi connectivity index (χ2v) is 5.92. The molecule has 0 amide bonds. The largest absolute Gasteiger partial charge is 0.309 e. The summed E-state index contributed by atoms with van der Waals surface area (Å²) in [4.78, 5) is 1.25. The smallest absolute Gasteiger partial charge is 0.0636 e. The van der Waals surface area contributed by atoms with E-state index in [4.69, 9.17) is 11.6 Å². The fourth-order valence-corrected chi connectivity index (χ4v) is 3.43. The van der Waals surface area contributed by atoms with E-state index in [-0.39, 0.29) is 0 Å². The number of nitrogens with one attached hydrogen (secondary N) is 1. The highest BCUT2D eigenvalue weighted by Gasteiger charge is 2.10. The van der Waals surface area contributed by atoms with Gasteiger partial charge in [0.1, 0.15) is 0 Å². The van der Waals surface area contributed by atoms with Crippen molar-refractivity contribution in [3.8, 4) is 0 Å². The van der Waals surface area contributed by atoms with E-state index in [1.807, 2.05) is 6.07 Å². The van der Waals surface area contributed by atoms with Crippen LogP contribution in [0.4, 0.5) is 0 Å². The Morgan fingerprint density at radius 2 is 2.12 bits per heavy atom. The van der Waals surface area contributed by atoms with Crippen molar-refractivity contribution in [2.45, 2.75) is 39.3 Å². The number of hydrogen-bond acceptors (Lipinski definition) is 2. The van der Waals surface area contributed by atoms with Gasteiger partial charge in [0.2, 0.25) is 0 Å². The molecule has 2 rings (SSSR count). The van der Waals surface area contributed by atoms with Crippen LogP contribution in [-0.2, 0) is 6.54 Å². The average molecular weight is 268 g/mol. The van der Waals surface area contributed by atoms with E-state index in [0.29, 0.717) is 6.04 Å². The Kier molecular flexibility index (Phi) is 4.43. The molecule has 92 valence electrons. The summed E-state index contributed by atoms with van der Waals surface area (Å²) in [6.45, 7) is 5.31. The minimum Gasteiger partial charge on any atom is -0.309 e. The standard InChI is InChI=1S/C14H18ClNS/c1-3-6-10(2)16-9-13-14(15)11-7-4-5-8-12(11)17-13/h4-5,7-8,10,16H,3,6,9H2,1-2H3. The van der Waals surface area contributed by atoms with Crippen LogP contribution in [0.5, 0.6) is 0 Å². The number of rotatable bonds is 5. The Morgan fingerprint density at radius 3 is 2.82 bits per heavy atom. The number of fused-ring (bicyclic) bond motifs is 1. The fourth-order valence-electron chi connectivity index (χ4n) is 1.98. The van der Waals surface area contributed by atoms with Crippen LogP contribution in [-0.4, -0.2) is 6.04 Å². The molecule has 0 spiro atoms. The van der Waals surface area contributed by atoms with Crippen molar-refractivity contribution >= 4 is 33.0 Å². The summed E-state index contributed by atoms with van der Waals surface area (Å²) in [5.41, 5.74) is 0. The van der Waals surface area contributed by atoms with E-state index in [0.717, 1.165) is 11.6 Å². The van der Waals surface area contributed by atoms with E-state index < -0.39 is 0 Å². The highest BCUT2D eigenvalue weighted by atomic mass is 35.5. The molecule has 0 aliphatic rings. The topological polar surface area (TPSA) is 12.0 Å². The lowest BCUT2D eigenvalue weighted by Gasteiger charge is -2.11. The van der Waals surface area contributed by atoms with Crippen LogP contribution in [0, 0.1) is 0 Å². The van der Waals surface area contributed by atoms with Crippen LogP contribution in [0.3, 0.4) is 0 Å². The van der Waals surface area contributed by atoms with Crippen LogP contribution in [0.25, 0.3) is 10.1 Å². The molecule has 1 N–H and O–H groups in total. The third kappa shape index (κ3) is 3.01. The van der Waals surface area contributed by atoms with Gasteiger partial charge in [-0.2, -0.15) is 0 Å². The maximum Gasteiger partial charge on any atom is 0.0636 e. The molecule has 17 heavy (non-hydrogen) atoms. The third-order valence-corrected chi connectivity index (χ3v) is 4.65. The number of halogens is 1. The number of hydrogen-bond donors (Lipinski definition) is 1. The molecule has 0 aliphatic carbocycles. The molecule has 0 saturated heterocycles. The van der Waals surface area contributed by atoms with Crippen molar-refractivity contribution < 1.29 is 0 Å². The molecule has 0 aliphatic heterocycles. The van der Waals surface area contributed by atoms with Gasteiger partial charge >= 0.3 is 0 Å². The molecule has 1 aromatic heterocycles. The first kappa shape index (κ1) is 12.9. The van der Waals surface area contributed by atoms with Crippen molar-refractivity contribution in [2.24, 2.45) is 0 Å². The average Bonchev–Trinajstić information content (AvgIpc) is 2.65. The number of thiophene rings is 1. The second kappa shape index (κ2) is 5.85. The van der Waals surface area contributed by atoms with Gasteiger partial charge in [-0.25, -0.2) is 0 Å².